The van der Waals surface area contributed by atoms with Crippen LogP contribution in [0.2, 0.25) is 0 Å². The minimum absolute atomic E-state index is 0.0265. The first-order valence-electron chi connectivity index (χ1n) is 6.06. The van der Waals surface area contributed by atoms with Gasteiger partial charge in [-0.1, -0.05) is 20.8 Å². The van der Waals surface area contributed by atoms with E-state index in [0.717, 1.165) is 25.2 Å². The molecule has 0 saturated carbocycles. The number of aliphatic hydroxyl groups excluding tert-OH is 1. The molecule has 0 radical (unpaired) electrons. The van der Waals surface area contributed by atoms with Crippen LogP contribution in [-0.2, 0) is 6.54 Å². The Labute approximate surface area is 108 Å². The highest BCUT2D eigenvalue weighted by molar-refractivity contribution is 7.09. The second kappa shape index (κ2) is 5.94. The van der Waals surface area contributed by atoms with Crippen LogP contribution in [0, 0.1) is 12.3 Å². The second-order valence-corrected chi connectivity index (χ2v) is 6.71. The summed E-state index contributed by atoms with van der Waals surface area (Å²) in [6.45, 7) is 10.1. The molecule has 98 valence electrons. The summed E-state index contributed by atoms with van der Waals surface area (Å²) >= 11 is 1.70. The third-order valence-corrected chi connectivity index (χ3v) is 3.96. The van der Waals surface area contributed by atoms with Gasteiger partial charge in [-0.2, -0.15) is 0 Å². The topological polar surface area (TPSA) is 36.4 Å². The van der Waals surface area contributed by atoms with Crippen LogP contribution < -0.4 is 0 Å². The Balaban J connectivity index is 2.36. The fraction of sp³-hybridized carbons (Fsp3) is 0.769. The number of aromatic nitrogens is 1. The maximum absolute atomic E-state index is 9.98. The van der Waals surface area contributed by atoms with Crippen molar-refractivity contribution in [3.63, 3.8) is 0 Å². The van der Waals surface area contributed by atoms with E-state index < -0.39 is 0 Å². The summed E-state index contributed by atoms with van der Waals surface area (Å²) in [6.07, 6.45) is 0.574. The molecule has 0 aliphatic rings. The van der Waals surface area contributed by atoms with Crippen molar-refractivity contribution in [3.8, 4) is 0 Å². The maximum Gasteiger partial charge on any atom is 0.0798 e. The van der Waals surface area contributed by atoms with Gasteiger partial charge in [0.1, 0.15) is 0 Å². The molecule has 0 aliphatic carbocycles. The van der Waals surface area contributed by atoms with Crippen molar-refractivity contribution in [2.24, 2.45) is 5.41 Å². The molecule has 3 nitrogen and oxygen atoms in total. The number of nitrogens with zero attached hydrogens (tertiary/aromatic N) is 2. The number of rotatable bonds is 5. The van der Waals surface area contributed by atoms with E-state index in [-0.39, 0.29) is 11.5 Å². The maximum atomic E-state index is 9.98. The normalized spacial score (nSPS) is 14.3. The van der Waals surface area contributed by atoms with Gasteiger partial charge in [0.15, 0.2) is 0 Å². The monoisotopic (exact) mass is 256 g/mol. The molecule has 1 heterocycles. The van der Waals surface area contributed by atoms with Gasteiger partial charge in [0.2, 0.25) is 0 Å². The third-order valence-electron chi connectivity index (χ3n) is 3.04. The highest BCUT2D eigenvalue weighted by Gasteiger charge is 2.22. The first kappa shape index (κ1) is 14.6. The minimum atomic E-state index is -0.243. The van der Waals surface area contributed by atoms with Gasteiger partial charge in [-0.25, -0.2) is 4.98 Å². The zero-order valence-corrected chi connectivity index (χ0v) is 12.3. The highest BCUT2D eigenvalue weighted by Crippen LogP contribution is 2.22. The van der Waals surface area contributed by atoms with E-state index in [1.807, 2.05) is 12.4 Å². The first-order valence-corrected chi connectivity index (χ1v) is 6.94. The fourth-order valence-electron chi connectivity index (χ4n) is 1.58. The average Bonchev–Trinajstić information content (AvgIpc) is 2.59. The van der Waals surface area contributed by atoms with Gasteiger partial charge in [-0.3, -0.25) is 0 Å². The predicted octanol–water partition coefficient (Wildman–Crippen LogP) is 2.68. The van der Waals surface area contributed by atoms with E-state index in [1.165, 1.54) is 4.88 Å². The number of hydrogen-bond acceptors (Lipinski definition) is 4. The van der Waals surface area contributed by atoms with E-state index in [4.69, 9.17) is 0 Å². The minimum Gasteiger partial charge on any atom is -0.393 e. The predicted molar refractivity (Wildman–Crippen MR) is 73.3 cm³/mol. The molecule has 0 spiro atoms. The largest absolute Gasteiger partial charge is 0.393 e. The Morgan fingerprint density at radius 3 is 2.59 bits per heavy atom. The van der Waals surface area contributed by atoms with Crippen LogP contribution >= 0.6 is 11.3 Å². The molecule has 0 fully saturated rings. The summed E-state index contributed by atoms with van der Waals surface area (Å²) in [5, 5.41) is 9.98. The summed E-state index contributed by atoms with van der Waals surface area (Å²) in [6, 6.07) is 0. The first-order chi connectivity index (χ1) is 7.80. The number of thiazole rings is 1. The Morgan fingerprint density at radius 1 is 1.47 bits per heavy atom. The zero-order chi connectivity index (χ0) is 13.1. The van der Waals surface area contributed by atoms with E-state index in [9.17, 15) is 5.11 Å². The van der Waals surface area contributed by atoms with Crippen molar-refractivity contribution in [1.82, 2.24) is 9.88 Å². The van der Waals surface area contributed by atoms with E-state index in [1.54, 1.807) is 11.3 Å². The van der Waals surface area contributed by atoms with Crippen LogP contribution in [0.5, 0.6) is 0 Å². The quantitative estimate of drug-likeness (QED) is 0.880. The number of aliphatic hydroxyl groups is 1. The van der Waals surface area contributed by atoms with Crippen molar-refractivity contribution < 1.29 is 5.11 Å². The Hall–Kier alpha value is -0.450. The smallest absolute Gasteiger partial charge is 0.0798 e. The van der Waals surface area contributed by atoms with Gasteiger partial charge in [-0.05, 0) is 25.8 Å². The van der Waals surface area contributed by atoms with Crippen molar-refractivity contribution in [1.29, 1.82) is 0 Å². The molecular weight excluding hydrogens is 232 g/mol. The molecule has 4 heteroatoms. The zero-order valence-electron chi connectivity index (χ0n) is 11.5. The summed E-state index contributed by atoms with van der Waals surface area (Å²) in [4.78, 5) is 7.81. The second-order valence-electron chi connectivity index (χ2n) is 5.77. The van der Waals surface area contributed by atoms with Crippen LogP contribution in [0.4, 0.5) is 0 Å². The molecule has 0 aliphatic heterocycles. The summed E-state index contributed by atoms with van der Waals surface area (Å²) in [5.74, 6) is 0. The molecule has 1 N–H and O–H groups in total. The Morgan fingerprint density at radius 2 is 2.12 bits per heavy atom. The van der Waals surface area contributed by atoms with Crippen molar-refractivity contribution in [2.45, 2.75) is 46.8 Å². The molecule has 1 aromatic heterocycles. The van der Waals surface area contributed by atoms with Crippen LogP contribution in [0.15, 0.2) is 5.51 Å². The molecule has 1 rings (SSSR count). The van der Waals surface area contributed by atoms with E-state index in [2.05, 4.69) is 37.7 Å². The van der Waals surface area contributed by atoms with Gasteiger partial charge in [-0.15, -0.1) is 11.3 Å². The Kier molecular flexibility index (Phi) is 5.10. The molecule has 17 heavy (non-hydrogen) atoms. The van der Waals surface area contributed by atoms with Crippen molar-refractivity contribution in [3.05, 3.63) is 16.1 Å². The van der Waals surface area contributed by atoms with Crippen LogP contribution in [0.3, 0.4) is 0 Å². The standard InChI is InChI=1S/C13H24N2OS/c1-10-11(17-9-14-10)8-15(5)7-6-12(16)13(2,3)4/h9,12,16H,6-8H2,1-5H3. The molecular formula is C13H24N2OS. The lowest BCUT2D eigenvalue weighted by Gasteiger charge is -2.27. The molecule has 1 atom stereocenters. The van der Waals surface area contributed by atoms with Gasteiger partial charge in [0.25, 0.3) is 0 Å². The average molecular weight is 256 g/mol. The molecule has 0 amide bonds. The lowest BCUT2D eigenvalue weighted by Crippen LogP contribution is -2.30. The van der Waals surface area contributed by atoms with Crippen molar-refractivity contribution >= 4 is 11.3 Å². The highest BCUT2D eigenvalue weighted by atomic mass is 32.1. The molecule has 1 unspecified atom stereocenters. The summed E-state index contributed by atoms with van der Waals surface area (Å²) < 4.78 is 0. The number of aryl methyl sites for hydroxylation is 1. The lowest BCUT2D eigenvalue weighted by molar-refractivity contribution is 0.0474. The molecule has 0 aromatic carbocycles. The van der Waals surface area contributed by atoms with E-state index >= 15 is 0 Å². The van der Waals surface area contributed by atoms with Crippen LogP contribution in [0.25, 0.3) is 0 Å². The summed E-state index contributed by atoms with van der Waals surface area (Å²) in [5.41, 5.74) is 2.99. The summed E-state index contributed by atoms with van der Waals surface area (Å²) in [7, 11) is 2.09. The number of hydrogen-bond donors (Lipinski definition) is 1. The van der Waals surface area contributed by atoms with E-state index in [0.29, 0.717) is 0 Å². The van der Waals surface area contributed by atoms with Gasteiger partial charge < -0.3 is 10.0 Å². The van der Waals surface area contributed by atoms with Crippen LogP contribution in [-0.4, -0.2) is 34.7 Å². The molecule has 1 aromatic rings. The lowest BCUT2D eigenvalue weighted by atomic mass is 9.87. The fourth-order valence-corrected chi connectivity index (χ4v) is 2.43. The van der Waals surface area contributed by atoms with Gasteiger partial charge in [0.05, 0.1) is 17.3 Å². The molecule has 0 saturated heterocycles. The van der Waals surface area contributed by atoms with Gasteiger partial charge in [0, 0.05) is 18.0 Å². The van der Waals surface area contributed by atoms with Crippen LogP contribution in [0.1, 0.15) is 37.8 Å². The van der Waals surface area contributed by atoms with Gasteiger partial charge >= 0.3 is 0 Å². The molecule has 0 bridgehead atoms. The van der Waals surface area contributed by atoms with Crippen molar-refractivity contribution in [2.75, 3.05) is 13.6 Å². The third kappa shape index (κ3) is 4.74. The SMILES string of the molecule is Cc1ncsc1CN(C)CCC(O)C(C)(C)C. The Bertz CT molecular complexity index is 343.